The molecule has 1 rings (SSSR count). The van der Waals surface area contributed by atoms with Crippen LogP contribution in [0.3, 0.4) is 0 Å². The number of aromatic nitrogens is 1. The van der Waals surface area contributed by atoms with Crippen molar-refractivity contribution in [2.24, 2.45) is 0 Å². The molecule has 1 heterocycles. The van der Waals surface area contributed by atoms with E-state index < -0.39 is 0 Å². The minimum absolute atomic E-state index is 0.672. The molecule has 1 atom stereocenters. The molecule has 0 aliphatic carbocycles. The quantitative estimate of drug-likeness (QED) is 0.722. The summed E-state index contributed by atoms with van der Waals surface area (Å²) in [6, 6.07) is 0.672. The third-order valence-electron chi connectivity index (χ3n) is 2.77. The van der Waals surface area contributed by atoms with E-state index in [9.17, 15) is 0 Å². The van der Waals surface area contributed by atoms with Gasteiger partial charge in [-0.1, -0.05) is 6.92 Å². The highest BCUT2D eigenvalue weighted by atomic mass is 32.1. The van der Waals surface area contributed by atoms with Crippen molar-refractivity contribution in [2.45, 2.75) is 32.9 Å². The van der Waals surface area contributed by atoms with Crippen LogP contribution in [0.2, 0.25) is 0 Å². The van der Waals surface area contributed by atoms with Gasteiger partial charge in [0.25, 0.3) is 0 Å². The molecule has 86 valence electrons. The molecule has 0 saturated heterocycles. The summed E-state index contributed by atoms with van der Waals surface area (Å²) in [6.07, 6.45) is 1.21. The minimum Gasteiger partial charge on any atom is -0.310 e. The van der Waals surface area contributed by atoms with Crippen molar-refractivity contribution in [3.8, 4) is 0 Å². The number of rotatable bonds is 7. The Morgan fingerprint density at radius 3 is 3.00 bits per heavy atom. The van der Waals surface area contributed by atoms with Crippen LogP contribution in [-0.2, 0) is 6.54 Å². The lowest BCUT2D eigenvalue weighted by molar-refractivity contribution is 0.251. The van der Waals surface area contributed by atoms with Gasteiger partial charge in [0.2, 0.25) is 0 Å². The number of likely N-dealkylation sites (N-methyl/N-ethyl adjacent to an activating group) is 1. The monoisotopic (exact) mass is 227 g/mol. The highest BCUT2D eigenvalue weighted by molar-refractivity contribution is 7.07. The predicted octanol–water partition coefficient (Wildman–Crippen LogP) is 1.96. The largest absolute Gasteiger partial charge is 0.310 e. The van der Waals surface area contributed by atoms with Crippen molar-refractivity contribution in [2.75, 3.05) is 20.1 Å². The van der Waals surface area contributed by atoms with Gasteiger partial charge in [-0.15, -0.1) is 11.3 Å². The Hall–Kier alpha value is -0.450. The van der Waals surface area contributed by atoms with Gasteiger partial charge in [0.05, 0.1) is 11.2 Å². The lowest BCUT2D eigenvalue weighted by Crippen LogP contribution is -2.34. The van der Waals surface area contributed by atoms with Crippen LogP contribution in [0.4, 0.5) is 0 Å². The highest BCUT2D eigenvalue weighted by Crippen LogP contribution is 2.00. The van der Waals surface area contributed by atoms with Crippen LogP contribution >= 0.6 is 11.3 Å². The van der Waals surface area contributed by atoms with Crippen LogP contribution < -0.4 is 5.32 Å². The van der Waals surface area contributed by atoms with Gasteiger partial charge < -0.3 is 10.2 Å². The summed E-state index contributed by atoms with van der Waals surface area (Å²) in [5.41, 5.74) is 3.02. The first-order valence-corrected chi connectivity index (χ1v) is 6.46. The lowest BCUT2D eigenvalue weighted by Gasteiger charge is -2.23. The first kappa shape index (κ1) is 12.6. The number of hydrogen-bond acceptors (Lipinski definition) is 4. The lowest BCUT2D eigenvalue weighted by atomic mass is 10.2. The van der Waals surface area contributed by atoms with E-state index in [-0.39, 0.29) is 0 Å². The van der Waals surface area contributed by atoms with Gasteiger partial charge in [-0.05, 0) is 20.4 Å². The van der Waals surface area contributed by atoms with E-state index in [2.05, 4.69) is 41.5 Å². The van der Waals surface area contributed by atoms with Gasteiger partial charge in [-0.3, -0.25) is 0 Å². The molecular formula is C11H21N3S. The molecule has 1 unspecified atom stereocenters. The summed E-state index contributed by atoms with van der Waals surface area (Å²) in [6.45, 7) is 7.50. The van der Waals surface area contributed by atoms with Crippen molar-refractivity contribution in [3.05, 3.63) is 16.6 Å². The molecule has 0 fully saturated rings. The number of hydrogen-bond donors (Lipinski definition) is 1. The summed E-state index contributed by atoms with van der Waals surface area (Å²) >= 11 is 1.65. The second-order valence-electron chi connectivity index (χ2n) is 3.89. The fourth-order valence-corrected chi connectivity index (χ4v) is 1.89. The maximum absolute atomic E-state index is 4.23. The molecule has 0 aliphatic heterocycles. The summed E-state index contributed by atoms with van der Waals surface area (Å²) in [5.74, 6) is 0. The van der Waals surface area contributed by atoms with Crippen molar-refractivity contribution < 1.29 is 0 Å². The van der Waals surface area contributed by atoms with Crippen LogP contribution in [0.5, 0.6) is 0 Å². The van der Waals surface area contributed by atoms with Gasteiger partial charge >= 0.3 is 0 Å². The standard InChI is InChI=1S/C11H21N3S/c1-4-10(2)14(3)6-5-12-7-11-8-15-9-13-11/h8-10,12H,4-7H2,1-3H3. The van der Waals surface area contributed by atoms with E-state index in [4.69, 9.17) is 0 Å². The summed E-state index contributed by atoms with van der Waals surface area (Å²) in [4.78, 5) is 6.61. The van der Waals surface area contributed by atoms with Crippen molar-refractivity contribution in [3.63, 3.8) is 0 Å². The van der Waals surface area contributed by atoms with Crippen LogP contribution in [0.15, 0.2) is 10.9 Å². The topological polar surface area (TPSA) is 28.2 Å². The molecule has 0 radical (unpaired) electrons. The predicted molar refractivity (Wildman–Crippen MR) is 66.2 cm³/mol. The molecule has 0 saturated carbocycles. The number of nitrogens with zero attached hydrogens (tertiary/aromatic N) is 2. The third kappa shape index (κ3) is 4.73. The van der Waals surface area contributed by atoms with E-state index in [0.29, 0.717) is 6.04 Å². The second-order valence-corrected chi connectivity index (χ2v) is 4.61. The summed E-state index contributed by atoms with van der Waals surface area (Å²) in [7, 11) is 2.18. The molecule has 0 bridgehead atoms. The molecule has 0 aliphatic rings. The van der Waals surface area contributed by atoms with Crippen molar-refractivity contribution in [1.29, 1.82) is 0 Å². The summed E-state index contributed by atoms with van der Waals surface area (Å²) in [5, 5.41) is 5.49. The van der Waals surface area contributed by atoms with E-state index in [1.54, 1.807) is 11.3 Å². The maximum atomic E-state index is 4.23. The number of nitrogens with one attached hydrogen (secondary N) is 1. The fourth-order valence-electron chi connectivity index (χ4n) is 1.33. The molecule has 1 aromatic heterocycles. The Labute approximate surface area is 96.5 Å². The zero-order valence-electron chi connectivity index (χ0n) is 9.86. The highest BCUT2D eigenvalue weighted by Gasteiger charge is 2.05. The van der Waals surface area contributed by atoms with Gasteiger partial charge in [0.1, 0.15) is 0 Å². The van der Waals surface area contributed by atoms with Crippen molar-refractivity contribution >= 4 is 11.3 Å². The first-order valence-electron chi connectivity index (χ1n) is 5.52. The van der Waals surface area contributed by atoms with Crippen LogP contribution in [0.1, 0.15) is 26.0 Å². The van der Waals surface area contributed by atoms with Gasteiger partial charge in [-0.2, -0.15) is 0 Å². The van der Waals surface area contributed by atoms with E-state index >= 15 is 0 Å². The minimum atomic E-state index is 0.672. The molecule has 0 spiro atoms. The molecule has 0 amide bonds. The second kappa shape index (κ2) is 6.93. The SMILES string of the molecule is CCC(C)N(C)CCNCc1cscn1. The zero-order chi connectivity index (χ0) is 11.1. The Balaban J connectivity index is 2.06. The van der Waals surface area contributed by atoms with Crippen LogP contribution in [0.25, 0.3) is 0 Å². The van der Waals surface area contributed by atoms with Gasteiger partial charge in [0, 0.05) is 31.1 Å². The normalized spacial score (nSPS) is 13.3. The molecule has 1 N–H and O–H groups in total. The van der Waals surface area contributed by atoms with Crippen molar-refractivity contribution in [1.82, 2.24) is 15.2 Å². The fraction of sp³-hybridized carbons (Fsp3) is 0.727. The zero-order valence-corrected chi connectivity index (χ0v) is 10.7. The molecule has 3 nitrogen and oxygen atoms in total. The smallest absolute Gasteiger partial charge is 0.0795 e. The van der Waals surface area contributed by atoms with Gasteiger partial charge in [0.15, 0.2) is 0 Å². The molecule has 4 heteroatoms. The molecule has 1 aromatic rings. The molecule has 0 aromatic carbocycles. The first-order chi connectivity index (χ1) is 7.24. The Kier molecular flexibility index (Phi) is 5.83. The number of thiazole rings is 1. The van der Waals surface area contributed by atoms with Crippen LogP contribution in [0, 0.1) is 0 Å². The maximum Gasteiger partial charge on any atom is 0.0795 e. The Morgan fingerprint density at radius 2 is 2.40 bits per heavy atom. The van der Waals surface area contributed by atoms with E-state index in [1.807, 2.05) is 5.51 Å². The van der Waals surface area contributed by atoms with E-state index in [0.717, 1.165) is 25.3 Å². The van der Waals surface area contributed by atoms with E-state index in [1.165, 1.54) is 6.42 Å². The van der Waals surface area contributed by atoms with Gasteiger partial charge in [-0.25, -0.2) is 4.98 Å². The average Bonchev–Trinajstić information content (AvgIpc) is 2.75. The third-order valence-corrected chi connectivity index (χ3v) is 3.41. The average molecular weight is 227 g/mol. The summed E-state index contributed by atoms with van der Waals surface area (Å²) < 4.78 is 0. The molecular weight excluding hydrogens is 206 g/mol. The van der Waals surface area contributed by atoms with Crippen LogP contribution in [-0.4, -0.2) is 36.1 Å². The molecule has 15 heavy (non-hydrogen) atoms. The Morgan fingerprint density at radius 1 is 1.60 bits per heavy atom. The Bertz CT molecular complexity index is 248.